The fraction of sp³-hybridized carbons (Fsp3) is 0.286. The number of anilines is 1. The van der Waals surface area contributed by atoms with Crippen LogP contribution in [0.4, 0.5) is 5.82 Å². The predicted octanol–water partition coefficient (Wildman–Crippen LogP) is 1.99. The molecule has 8 heteroatoms. The Hall–Kier alpha value is -2.35. The van der Waals surface area contributed by atoms with E-state index in [0.717, 1.165) is 0 Å². The van der Waals surface area contributed by atoms with Crippen molar-refractivity contribution in [3.8, 4) is 11.5 Å². The minimum absolute atomic E-state index is 0.0535. The second kappa shape index (κ2) is 6.61. The normalized spacial score (nSPS) is 11.0. The smallest absolute Gasteiger partial charge is 0.268 e. The molecule has 0 bridgehead atoms. The van der Waals surface area contributed by atoms with Gasteiger partial charge in [0.15, 0.2) is 11.6 Å². The summed E-state index contributed by atoms with van der Waals surface area (Å²) in [7, 11) is -2.45. The summed E-state index contributed by atoms with van der Waals surface area (Å²) in [6, 6.07) is 4.87. The number of ether oxygens (including phenoxy) is 2. The second-order valence-electron chi connectivity index (χ2n) is 4.36. The van der Waals surface area contributed by atoms with Crippen LogP contribution in [0.1, 0.15) is 12.6 Å². The van der Waals surface area contributed by atoms with Gasteiger partial charge in [0.2, 0.25) is 0 Å². The molecule has 0 saturated carbocycles. The molecule has 0 fully saturated rings. The molecule has 118 valence electrons. The quantitative estimate of drug-likeness (QED) is 0.874. The van der Waals surface area contributed by atoms with E-state index in [0.29, 0.717) is 18.1 Å². The zero-order chi connectivity index (χ0) is 16.2. The summed E-state index contributed by atoms with van der Waals surface area (Å²) in [6.07, 6.45) is 2.70. The summed E-state index contributed by atoms with van der Waals surface area (Å²) in [5.74, 6) is 0.682. The van der Waals surface area contributed by atoms with E-state index in [4.69, 9.17) is 9.47 Å². The van der Waals surface area contributed by atoms with Crippen LogP contribution in [0.5, 0.6) is 11.5 Å². The molecule has 0 aliphatic carbocycles. The van der Waals surface area contributed by atoms with E-state index in [9.17, 15) is 8.42 Å². The molecule has 0 aliphatic heterocycles. The van der Waals surface area contributed by atoms with Crippen molar-refractivity contribution in [3.63, 3.8) is 0 Å². The van der Waals surface area contributed by atoms with Crippen molar-refractivity contribution in [2.45, 2.75) is 18.7 Å². The minimum atomic E-state index is -3.90. The first-order valence-electron chi connectivity index (χ1n) is 6.59. The topological polar surface area (TPSA) is 90.4 Å². The maximum Gasteiger partial charge on any atom is 0.268 e. The van der Waals surface area contributed by atoms with Crippen molar-refractivity contribution in [2.24, 2.45) is 0 Å². The molecule has 0 atom stereocenters. The van der Waals surface area contributed by atoms with E-state index in [2.05, 4.69) is 14.7 Å². The van der Waals surface area contributed by atoms with Gasteiger partial charge in [-0.2, -0.15) is 0 Å². The Bertz CT molecular complexity index is 762. The van der Waals surface area contributed by atoms with Crippen molar-refractivity contribution >= 4 is 15.8 Å². The van der Waals surface area contributed by atoms with E-state index >= 15 is 0 Å². The van der Waals surface area contributed by atoms with Crippen LogP contribution in [-0.4, -0.2) is 32.1 Å². The Labute approximate surface area is 129 Å². The number of nitrogens with one attached hydrogen (secondary N) is 1. The van der Waals surface area contributed by atoms with E-state index in [-0.39, 0.29) is 16.5 Å². The number of nitrogens with zero attached hydrogens (tertiary/aromatic N) is 2. The maximum atomic E-state index is 12.6. The number of aromatic nitrogens is 2. The highest BCUT2D eigenvalue weighted by Gasteiger charge is 2.22. The highest BCUT2D eigenvalue weighted by atomic mass is 32.2. The number of sulfonamides is 1. The van der Waals surface area contributed by atoms with Crippen molar-refractivity contribution < 1.29 is 17.9 Å². The molecule has 1 N–H and O–H groups in total. The first-order valence-corrected chi connectivity index (χ1v) is 8.07. The van der Waals surface area contributed by atoms with E-state index < -0.39 is 10.0 Å². The first kappa shape index (κ1) is 16.0. The summed E-state index contributed by atoms with van der Waals surface area (Å²) >= 11 is 0. The van der Waals surface area contributed by atoms with Crippen molar-refractivity contribution in [2.75, 3.05) is 18.4 Å². The molecular weight excluding hydrogens is 306 g/mol. The Morgan fingerprint density at radius 2 is 2.00 bits per heavy atom. The Balaban J connectivity index is 2.42. The van der Waals surface area contributed by atoms with Gasteiger partial charge < -0.3 is 9.47 Å². The Morgan fingerprint density at radius 3 is 2.68 bits per heavy atom. The average molecular weight is 323 g/mol. The third kappa shape index (κ3) is 3.45. The summed E-state index contributed by atoms with van der Waals surface area (Å²) < 4.78 is 38.0. The largest absolute Gasteiger partial charge is 0.493 e. The average Bonchev–Trinajstić information content (AvgIpc) is 2.48. The monoisotopic (exact) mass is 323 g/mol. The minimum Gasteiger partial charge on any atom is -0.493 e. The lowest BCUT2D eigenvalue weighted by Crippen LogP contribution is -2.16. The lowest BCUT2D eigenvalue weighted by Gasteiger charge is -2.13. The molecule has 7 nitrogen and oxygen atoms in total. The fourth-order valence-electron chi connectivity index (χ4n) is 1.81. The van der Waals surface area contributed by atoms with Gasteiger partial charge in [0.1, 0.15) is 10.6 Å². The zero-order valence-corrected chi connectivity index (χ0v) is 13.3. The maximum absolute atomic E-state index is 12.6. The number of aryl methyl sites for hydroxylation is 1. The Morgan fingerprint density at radius 1 is 1.23 bits per heavy atom. The van der Waals surface area contributed by atoms with Crippen LogP contribution < -0.4 is 14.2 Å². The van der Waals surface area contributed by atoms with E-state index in [1.165, 1.54) is 25.6 Å². The third-order valence-corrected chi connectivity index (χ3v) is 4.13. The number of rotatable bonds is 6. The highest BCUT2D eigenvalue weighted by molar-refractivity contribution is 7.92. The van der Waals surface area contributed by atoms with Gasteiger partial charge >= 0.3 is 0 Å². The van der Waals surface area contributed by atoms with Gasteiger partial charge in [-0.1, -0.05) is 0 Å². The molecule has 0 saturated heterocycles. The van der Waals surface area contributed by atoms with Gasteiger partial charge in [-0.05, 0) is 32.0 Å². The fourth-order valence-corrected chi connectivity index (χ4v) is 2.91. The number of hydrogen-bond donors (Lipinski definition) is 1. The van der Waals surface area contributed by atoms with Gasteiger partial charge in [-0.25, -0.2) is 13.4 Å². The summed E-state index contributed by atoms with van der Waals surface area (Å²) in [5, 5.41) is 0. The summed E-state index contributed by atoms with van der Waals surface area (Å²) in [6.45, 7) is 3.88. The van der Waals surface area contributed by atoms with Crippen LogP contribution in [0.15, 0.2) is 35.5 Å². The van der Waals surface area contributed by atoms with Crippen LogP contribution >= 0.6 is 0 Å². The molecule has 2 rings (SSSR count). The molecule has 2 aromatic rings. The molecule has 0 aromatic carbocycles. The van der Waals surface area contributed by atoms with Crippen LogP contribution in [0.2, 0.25) is 0 Å². The zero-order valence-electron chi connectivity index (χ0n) is 12.5. The number of hydrogen-bond acceptors (Lipinski definition) is 6. The van der Waals surface area contributed by atoms with Crippen molar-refractivity contribution in [1.29, 1.82) is 0 Å². The number of methoxy groups -OCH3 is 1. The standard InChI is InChI=1S/C14H17N3O4S/c1-4-21-11-7-8-15-9-13(11)22(18,19)17-14-12(20-3)6-5-10(2)16-14/h5-9H,4H2,1-3H3,(H,16,17). The van der Waals surface area contributed by atoms with E-state index in [1.807, 2.05) is 0 Å². The molecule has 2 heterocycles. The lowest BCUT2D eigenvalue weighted by atomic mass is 10.3. The van der Waals surface area contributed by atoms with Crippen LogP contribution in [-0.2, 0) is 10.0 Å². The first-order chi connectivity index (χ1) is 10.5. The van der Waals surface area contributed by atoms with Gasteiger partial charge in [-0.3, -0.25) is 9.71 Å². The molecular formula is C14H17N3O4S. The predicted molar refractivity (Wildman–Crippen MR) is 81.7 cm³/mol. The molecule has 0 radical (unpaired) electrons. The van der Waals surface area contributed by atoms with Gasteiger partial charge in [0.25, 0.3) is 10.0 Å². The van der Waals surface area contributed by atoms with Crippen LogP contribution in [0.3, 0.4) is 0 Å². The molecule has 0 aliphatic rings. The third-order valence-electron chi connectivity index (χ3n) is 2.78. The Kier molecular flexibility index (Phi) is 4.81. The molecule has 0 unspecified atom stereocenters. The van der Waals surface area contributed by atoms with Crippen LogP contribution in [0.25, 0.3) is 0 Å². The van der Waals surface area contributed by atoms with Gasteiger partial charge in [-0.15, -0.1) is 0 Å². The highest BCUT2D eigenvalue weighted by Crippen LogP contribution is 2.28. The van der Waals surface area contributed by atoms with Crippen LogP contribution in [0, 0.1) is 6.92 Å². The van der Waals surface area contributed by atoms with E-state index in [1.54, 1.807) is 26.0 Å². The molecule has 0 spiro atoms. The summed E-state index contributed by atoms with van der Waals surface area (Å²) in [5.41, 5.74) is 0.662. The second-order valence-corrected chi connectivity index (χ2v) is 6.02. The summed E-state index contributed by atoms with van der Waals surface area (Å²) in [4.78, 5) is 7.95. The molecule has 22 heavy (non-hydrogen) atoms. The van der Waals surface area contributed by atoms with Crippen molar-refractivity contribution in [1.82, 2.24) is 9.97 Å². The SMILES string of the molecule is CCOc1ccncc1S(=O)(=O)Nc1nc(C)ccc1OC. The number of pyridine rings is 2. The van der Waals surface area contributed by atoms with Gasteiger partial charge in [0, 0.05) is 11.9 Å². The van der Waals surface area contributed by atoms with Gasteiger partial charge in [0.05, 0.1) is 19.9 Å². The molecule has 2 aromatic heterocycles. The molecule has 0 amide bonds. The van der Waals surface area contributed by atoms with Crippen molar-refractivity contribution in [3.05, 3.63) is 36.3 Å². The lowest BCUT2D eigenvalue weighted by molar-refractivity contribution is 0.330.